The highest BCUT2D eigenvalue weighted by molar-refractivity contribution is 5.72. The zero-order chi connectivity index (χ0) is 10.4. The zero-order valence-corrected chi connectivity index (χ0v) is 8.36. The number of methoxy groups -OCH3 is 1. The molecule has 0 saturated carbocycles. The summed E-state index contributed by atoms with van der Waals surface area (Å²) in [4.78, 5) is 0. The predicted octanol–water partition coefficient (Wildman–Crippen LogP) is 3.45. The van der Waals surface area contributed by atoms with E-state index in [2.05, 4.69) is 13.2 Å². The molecule has 0 spiro atoms. The van der Waals surface area contributed by atoms with Crippen LogP contribution < -0.4 is 4.74 Å². The molecule has 0 heterocycles. The lowest BCUT2D eigenvalue weighted by molar-refractivity contribution is 0.415. The second-order valence-electron chi connectivity index (χ2n) is 2.85. The van der Waals surface area contributed by atoms with Gasteiger partial charge in [-0.2, -0.15) is 0 Å². The monoisotopic (exact) mass is 186 g/mol. The molecule has 0 amide bonds. The van der Waals surface area contributed by atoms with E-state index in [9.17, 15) is 0 Å². The van der Waals surface area contributed by atoms with Crippen LogP contribution in [0.5, 0.6) is 5.75 Å². The molecule has 0 atom stereocenters. The summed E-state index contributed by atoms with van der Waals surface area (Å²) in [6, 6.07) is 7.80. The van der Waals surface area contributed by atoms with E-state index in [0.29, 0.717) is 0 Å². The van der Waals surface area contributed by atoms with Gasteiger partial charge in [-0.15, -0.1) is 0 Å². The van der Waals surface area contributed by atoms with E-state index in [-0.39, 0.29) is 0 Å². The number of rotatable bonds is 4. The van der Waals surface area contributed by atoms with Gasteiger partial charge in [0.2, 0.25) is 0 Å². The summed E-state index contributed by atoms with van der Waals surface area (Å²) in [6.45, 7) is 7.55. The highest BCUT2D eigenvalue weighted by atomic mass is 16.5. The highest BCUT2D eigenvalue weighted by Crippen LogP contribution is 2.17. The summed E-state index contributed by atoms with van der Waals surface area (Å²) >= 11 is 0. The molecular formula is C13H14O. The van der Waals surface area contributed by atoms with Crippen LogP contribution in [0.1, 0.15) is 5.56 Å². The Balaban J connectivity index is 2.81. The molecule has 1 aromatic rings. The number of ether oxygens (including phenoxy) is 1. The molecular weight excluding hydrogens is 172 g/mol. The average molecular weight is 186 g/mol. The Kier molecular flexibility index (Phi) is 3.74. The quantitative estimate of drug-likeness (QED) is 0.654. The number of hydrogen-bond acceptors (Lipinski definition) is 1. The van der Waals surface area contributed by atoms with E-state index in [0.717, 1.165) is 16.9 Å². The normalized spacial score (nSPS) is 10.1. The summed E-state index contributed by atoms with van der Waals surface area (Å²) in [5, 5.41) is 0. The first kappa shape index (κ1) is 10.3. The molecule has 1 nitrogen and oxygen atoms in total. The van der Waals surface area contributed by atoms with Gasteiger partial charge in [0, 0.05) is 0 Å². The van der Waals surface area contributed by atoms with Crippen molar-refractivity contribution < 1.29 is 4.74 Å². The highest BCUT2D eigenvalue weighted by Gasteiger charge is 1.94. The summed E-state index contributed by atoms with van der Waals surface area (Å²) in [5.74, 6) is 0.856. The Labute approximate surface area is 85.0 Å². The Hall–Kier alpha value is -1.76. The van der Waals surface area contributed by atoms with Gasteiger partial charge in [-0.3, -0.25) is 0 Å². The average Bonchev–Trinajstić information content (AvgIpc) is 2.26. The van der Waals surface area contributed by atoms with Crippen LogP contribution in [0, 0.1) is 0 Å². The standard InChI is InChI=1S/C13H14O/c1-4-5-6-11(2)12-7-9-13(14-3)10-8-12/h4-10H,1-2H2,3H3/b6-5-. The molecule has 72 valence electrons. The summed E-state index contributed by atoms with van der Waals surface area (Å²) < 4.78 is 5.07. The fourth-order valence-electron chi connectivity index (χ4n) is 1.09. The lowest BCUT2D eigenvalue weighted by Crippen LogP contribution is -1.83. The molecule has 0 aliphatic carbocycles. The third-order valence-corrected chi connectivity index (χ3v) is 1.89. The van der Waals surface area contributed by atoms with E-state index >= 15 is 0 Å². The molecule has 0 aliphatic rings. The van der Waals surface area contributed by atoms with Crippen LogP contribution >= 0.6 is 0 Å². The van der Waals surface area contributed by atoms with Gasteiger partial charge in [-0.05, 0) is 23.3 Å². The molecule has 0 N–H and O–H groups in total. The maximum atomic E-state index is 5.07. The molecule has 0 bridgehead atoms. The van der Waals surface area contributed by atoms with Crippen molar-refractivity contribution in [3.63, 3.8) is 0 Å². The lowest BCUT2D eigenvalue weighted by Gasteiger charge is -2.02. The van der Waals surface area contributed by atoms with Gasteiger partial charge in [0.25, 0.3) is 0 Å². The maximum absolute atomic E-state index is 5.07. The van der Waals surface area contributed by atoms with Gasteiger partial charge in [-0.25, -0.2) is 0 Å². The molecule has 14 heavy (non-hydrogen) atoms. The minimum absolute atomic E-state index is 0.856. The third kappa shape index (κ3) is 2.63. The lowest BCUT2D eigenvalue weighted by atomic mass is 10.1. The number of benzene rings is 1. The molecule has 1 aromatic carbocycles. The number of hydrogen-bond donors (Lipinski definition) is 0. The first-order valence-corrected chi connectivity index (χ1v) is 4.40. The second kappa shape index (κ2) is 5.07. The Morgan fingerprint density at radius 1 is 1.29 bits per heavy atom. The van der Waals surface area contributed by atoms with Gasteiger partial charge in [0.15, 0.2) is 0 Å². The van der Waals surface area contributed by atoms with Crippen molar-refractivity contribution >= 4 is 5.57 Å². The van der Waals surface area contributed by atoms with E-state index in [1.807, 2.05) is 36.4 Å². The van der Waals surface area contributed by atoms with Crippen molar-refractivity contribution in [1.82, 2.24) is 0 Å². The first-order chi connectivity index (χ1) is 6.77. The van der Waals surface area contributed by atoms with Crippen molar-refractivity contribution in [2.24, 2.45) is 0 Å². The van der Waals surface area contributed by atoms with E-state index in [1.165, 1.54) is 0 Å². The molecule has 0 unspecified atom stereocenters. The van der Waals surface area contributed by atoms with E-state index < -0.39 is 0 Å². The largest absolute Gasteiger partial charge is 0.497 e. The predicted molar refractivity (Wildman–Crippen MR) is 61.4 cm³/mol. The maximum Gasteiger partial charge on any atom is 0.118 e. The molecule has 0 fully saturated rings. The molecule has 0 radical (unpaired) electrons. The zero-order valence-electron chi connectivity index (χ0n) is 8.36. The Bertz CT molecular complexity index is 344. The fourth-order valence-corrected chi connectivity index (χ4v) is 1.09. The molecule has 0 saturated heterocycles. The minimum atomic E-state index is 0.856. The second-order valence-corrected chi connectivity index (χ2v) is 2.85. The van der Waals surface area contributed by atoms with Gasteiger partial charge in [0.05, 0.1) is 7.11 Å². The van der Waals surface area contributed by atoms with Gasteiger partial charge >= 0.3 is 0 Å². The van der Waals surface area contributed by atoms with Gasteiger partial charge < -0.3 is 4.74 Å². The van der Waals surface area contributed by atoms with Crippen LogP contribution in [0.4, 0.5) is 0 Å². The van der Waals surface area contributed by atoms with Crippen LogP contribution in [0.15, 0.2) is 55.7 Å². The molecule has 1 rings (SSSR count). The Morgan fingerprint density at radius 3 is 2.43 bits per heavy atom. The third-order valence-electron chi connectivity index (χ3n) is 1.89. The fraction of sp³-hybridized carbons (Fsp3) is 0.0769. The van der Waals surface area contributed by atoms with Crippen LogP contribution in [-0.2, 0) is 0 Å². The SMILES string of the molecule is C=C/C=C\C(=C)c1ccc(OC)cc1. The van der Waals surface area contributed by atoms with Crippen LogP contribution in [0.3, 0.4) is 0 Å². The van der Waals surface area contributed by atoms with E-state index in [4.69, 9.17) is 4.74 Å². The van der Waals surface area contributed by atoms with Crippen LogP contribution in [0.2, 0.25) is 0 Å². The summed E-state index contributed by atoms with van der Waals surface area (Å²) in [6.07, 6.45) is 5.52. The van der Waals surface area contributed by atoms with Crippen molar-refractivity contribution in [3.8, 4) is 5.75 Å². The first-order valence-electron chi connectivity index (χ1n) is 4.40. The van der Waals surface area contributed by atoms with Gasteiger partial charge in [-0.1, -0.05) is 43.5 Å². The van der Waals surface area contributed by atoms with Crippen molar-refractivity contribution in [2.75, 3.05) is 7.11 Å². The Morgan fingerprint density at radius 2 is 1.93 bits per heavy atom. The van der Waals surface area contributed by atoms with Crippen LogP contribution in [-0.4, -0.2) is 7.11 Å². The minimum Gasteiger partial charge on any atom is -0.497 e. The van der Waals surface area contributed by atoms with Crippen molar-refractivity contribution in [1.29, 1.82) is 0 Å². The summed E-state index contributed by atoms with van der Waals surface area (Å²) in [5.41, 5.74) is 2.05. The molecule has 0 aliphatic heterocycles. The van der Waals surface area contributed by atoms with Crippen molar-refractivity contribution in [2.45, 2.75) is 0 Å². The topological polar surface area (TPSA) is 9.23 Å². The smallest absolute Gasteiger partial charge is 0.118 e. The van der Waals surface area contributed by atoms with E-state index in [1.54, 1.807) is 13.2 Å². The summed E-state index contributed by atoms with van der Waals surface area (Å²) in [7, 11) is 1.65. The van der Waals surface area contributed by atoms with Gasteiger partial charge in [0.1, 0.15) is 5.75 Å². The molecule has 1 heteroatoms. The van der Waals surface area contributed by atoms with Crippen LogP contribution in [0.25, 0.3) is 5.57 Å². The van der Waals surface area contributed by atoms with Crippen molar-refractivity contribution in [3.05, 3.63) is 61.2 Å². The molecule has 0 aromatic heterocycles. The number of allylic oxidation sites excluding steroid dienone is 4.